The van der Waals surface area contributed by atoms with E-state index in [4.69, 9.17) is 9.47 Å². The second kappa shape index (κ2) is 18.5. The second-order valence-electron chi connectivity index (χ2n) is 17.1. The minimum absolute atomic E-state index is 0.000700. The van der Waals surface area contributed by atoms with Gasteiger partial charge in [0.1, 0.15) is 22.8 Å². The number of amides is 1. The average molecular weight is 874 g/mol. The molecule has 2 saturated heterocycles. The maximum atomic E-state index is 13.9. The predicted octanol–water partition coefficient (Wildman–Crippen LogP) is 8.59. The number of hydrogen-bond donors (Lipinski definition) is 3. The van der Waals surface area contributed by atoms with E-state index in [0.717, 1.165) is 68.9 Å². The van der Waals surface area contributed by atoms with Crippen LogP contribution in [0.25, 0.3) is 11.0 Å². The molecule has 0 radical (unpaired) electrons. The zero-order chi connectivity index (χ0) is 43.4. The number of rotatable bonds is 16. The number of pyridine rings is 1. The summed E-state index contributed by atoms with van der Waals surface area (Å²) >= 11 is 0. The monoisotopic (exact) mass is 873 g/mol. The van der Waals surface area contributed by atoms with Gasteiger partial charge in [-0.25, -0.2) is 26.9 Å². The molecule has 2 aromatic carbocycles. The van der Waals surface area contributed by atoms with Crippen molar-refractivity contribution in [3.8, 4) is 11.5 Å². The molecule has 2 aliphatic heterocycles. The van der Waals surface area contributed by atoms with Crippen molar-refractivity contribution in [1.82, 2.24) is 19.6 Å². The molecule has 14 nitrogen and oxygen atoms in total. The second-order valence-corrected chi connectivity index (χ2v) is 18.8. The Balaban J connectivity index is 0.983. The normalized spacial score (nSPS) is 18.5. The van der Waals surface area contributed by atoms with Crippen molar-refractivity contribution in [2.75, 3.05) is 62.7 Å². The Morgan fingerprint density at radius 2 is 1.85 bits per heavy atom. The van der Waals surface area contributed by atoms with Crippen molar-refractivity contribution in [3.05, 3.63) is 99.9 Å². The molecule has 0 bridgehead atoms. The average Bonchev–Trinajstić information content (AvgIpc) is 3.73. The summed E-state index contributed by atoms with van der Waals surface area (Å²) in [6.45, 7) is 8.98. The summed E-state index contributed by atoms with van der Waals surface area (Å²) < 4.78 is 67.7. The van der Waals surface area contributed by atoms with Gasteiger partial charge >= 0.3 is 0 Å². The smallest absolute Gasteiger partial charge is 0.293 e. The highest BCUT2D eigenvalue weighted by Crippen LogP contribution is 2.54. The van der Waals surface area contributed by atoms with Crippen LogP contribution < -0.4 is 19.7 Å². The Bertz CT molecular complexity index is 2460. The fraction of sp³-hybridized carbons (Fsp3) is 0.467. The van der Waals surface area contributed by atoms with Crippen molar-refractivity contribution in [2.24, 2.45) is 11.3 Å². The van der Waals surface area contributed by atoms with Crippen molar-refractivity contribution < 1.29 is 36.4 Å². The highest BCUT2D eigenvalue weighted by molar-refractivity contribution is 7.90. The molecular weight excluding hydrogens is 821 g/mol. The van der Waals surface area contributed by atoms with E-state index < -0.39 is 37.9 Å². The number of halogens is 2. The number of carbonyl (C=O) groups is 1. The lowest BCUT2D eigenvalue weighted by atomic mass is 9.59. The summed E-state index contributed by atoms with van der Waals surface area (Å²) in [6.07, 6.45) is 10.1. The molecule has 17 heteroatoms. The molecule has 62 heavy (non-hydrogen) atoms. The van der Waals surface area contributed by atoms with Crippen LogP contribution in [0.4, 0.5) is 25.8 Å². The number of aromatic amines is 1. The summed E-state index contributed by atoms with van der Waals surface area (Å²) in [5, 5.41) is 15.9. The van der Waals surface area contributed by atoms with Crippen molar-refractivity contribution in [2.45, 2.75) is 75.5 Å². The van der Waals surface area contributed by atoms with E-state index in [2.05, 4.69) is 36.4 Å². The number of alkyl halides is 2. The third-order valence-corrected chi connectivity index (χ3v) is 14.4. The molecule has 4 heterocycles. The molecule has 1 saturated carbocycles. The Morgan fingerprint density at radius 3 is 2.58 bits per heavy atom. The first-order chi connectivity index (χ1) is 29.8. The number of benzene rings is 2. The number of nitro groups is 1. The molecule has 3 N–H and O–H groups in total. The topological polar surface area (TPSA) is 172 Å². The number of ether oxygens (including phenoxy) is 2. The van der Waals surface area contributed by atoms with Gasteiger partial charge in [0.05, 0.1) is 21.6 Å². The summed E-state index contributed by atoms with van der Waals surface area (Å²) in [5.41, 5.74) is 4.15. The molecule has 3 fully saturated rings. The highest BCUT2D eigenvalue weighted by atomic mass is 32.2. The zero-order valence-electron chi connectivity index (χ0n) is 34.7. The minimum Gasteiger partial charge on any atom is -0.455 e. The molecule has 2 aromatic heterocycles. The van der Waals surface area contributed by atoms with Gasteiger partial charge in [-0.05, 0) is 111 Å². The zero-order valence-corrected chi connectivity index (χ0v) is 35.5. The maximum absolute atomic E-state index is 13.9. The van der Waals surface area contributed by atoms with Gasteiger partial charge in [-0.2, -0.15) is 0 Å². The molecule has 0 unspecified atom stereocenters. The van der Waals surface area contributed by atoms with Crippen LogP contribution in [0.5, 0.6) is 11.5 Å². The molecule has 0 atom stereocenters. The summed E-state index contributed by atoms with van der Waals surface area (Å²) in [4.78, 5) is 36.9. The maximum Gasteiger partial charge on any atom is 0.293 e. The van der Waals surface area contributed by atoms with Crippen LogP contribution in [-0.2, 0) is 14.8 Å². The van der Waals surface area contributed by atoms with Crippen molar-refractivity contribution in [3.63, 3.8) is 0 Å². The van der Waals surface area contributed by atoms with Gasteiger partial charge in [0, 0.05) is 81.9 Å². The van der Waals surface area contributed by atoms with E-state index in [1.54, 1.807) is 24.4 Å². The van der Waals surface area contributed by atoms with Crippen molar-refractivity contribution in [1.29, 1.82) is 0 Å². The molecule has 1 spiro atoms. The fourth-order valence-electron chi connectivity index (χ4n) is 9.18. The Kier molecular flexibility index (Phi) is 12.9. The number of piperazine rings is 1. The van der Waals surface area contributed by atoms with E-state index in [9.17, 15) is 32.1 Å². The third-order valence-electron chi connectivity index (χ3n) is 13.1. The van der Waals surface area contributed by atoms with Crippen LogP contribution in [0.15, 0.2) is 89.1 Å². The first-order valence-corrected chi connectivity index (χ1v) is 22.9. The fourth-order valence-corrected chi connectivity index (χ4v) is 10.2. The van der Waals surface area contributed by atoms with E-state index in [-0.39, 0.29) is 28.5 Å². The van der Waals surface area contributed by atoms with Gasteiger partial charge < -0.3 is 24.7 Å². The number of nitrogens with zero attached hydrogens (tertiary/aromatic N) is 4. The van der Waals surface area contributed by atoms with Crippen LogP contribution >= 0.6 is 0 Å². The Hall–Kier alpha value is -5.39. The third kappa shape index (κ3) is 9.95. The van der Waals surface area contributed by atoms with E-state index in [0.29, 0.717) is 62.5 Å². The number of anilines is 2. The number of allylic oxidation sites excluding steroid dienone is 2. The number of carbonyl (C=O) groups excluding carboxylic acids is 1. The molecule has 330 valence electrons. The van der Waals surface area contributed by atoms with Gasteiger partial charge in [-0.1, -0.05) is 24.1 Å². The molecule has 8 rings (SSSR count). The standard InChI is InChI=1S/C45H53F2N7O7S/c1-30(42(46)47)3-4-33-26-45(13-2-14-45)15-9-34(33)29-52-17-19-53(20-18-52)35-5-7-38(41(24-35)61-36-23-32-10-16-48-43(32)50-28-36)44(55)51-62(58,59)37-6-8-39(40(25-37)54(56)57)49-27-31-11-21-60-22-12-31/h5-8,10,16,23-25,28,31,42,49H,1-4,9,11-15,17-22,26-27,29H2,(H,48,50)(H,51,55). The van der Waals surface area contributed by atoms with E-state index in [1.807, 2.05) is 6.07 Å². The lowest BCUT2D eigenvalue weighted by Crippen LogP contribution is -2.47. The molecule has 1 amide bonds. The SMILES string of the molecule is C=C(CCC1=C(CN2CCN(c3ccc(C(=O)NS(=O)(=O)c4ccc(NCC5CCOCC5)c([N+](=O)[O-])c4)c(Oc4cnc5[nH]ccc5c4)c3)CC2)CCC2(CCC2)C1)C(F)F. The van der Waals surface area contributed by atoms with E-state index in [1.165, 1.54) is 54.8 Å². The molecule has 4 aromatic rings. The number of H-pyrrole nitrogens is 1. The van der Waals surface area contributed by atoms with E-state index >= 15 is 0 Å². The Morgan fingerprint density at radius 1 is 1.06 bits per heavy atom. The van der Waals surface area contributed by atoms with Crippen molar-refractivity contribution >= 4 is 44.0 Å². The number of hydrogen-bond acceptors (Lipinski definition) is 11. The molecule has 4 aliphatic rings. The first-order valence-electron chi connectivity index (χ1n) is 21.4. The molecule has 2 aliphatic carbocycles. The van der Waals surface area contributed by atoms with Crippen LogP contribution in [0.3, 0.4) is 0 Å². The highest BCUT2D eigenvalue weighted by Gasteiger charge is 2.40. The Labute approximate surface area is 359 Å². The summed E-state index contributed by atoms with van der Waals surface area (Å²) in [5.74, 6) is -0.292. The van der Waals surface area contributed by atoms with Gasteiger partial charge in [0.2, 0.25) is 0 Å². The number of fused-ring (bicyclic) bond motifs is 1. The minimum atomic E-state index is -4.57. The van der Waals surface area contributed by atoms with Crippen LogP contribution in [0.2, 0.25) is 0 Å². The van der Waals surface area contributed by atoms with Crippen LogP contribution in [-0.4, -0.2) is 93.0 Å². The largest absolute Gasteiger partial charge is 0.455 e. The summed E-state index contributed by atoms with van der Waals surface area (Å²) in [7, 11) is -4.57. The predicted molar refractivity (Wildman–Crippen MR) is 233 cm³/mol. The lowest BCUT2D eigenvalue weighted by Gasteiger charge is -2.47. The lowest BCUT2D eigenvalue weighted by molar-refractivity contribution is -0.384. The number of aromatic nitrogens is 2. The molecular formula is C45H53F2N7O7S. The van der Waals surface area contributed by atoms with Gasteiger partial charge in [0.15, 0.2) is 0 Å². The van der Waals surface area contributed by atoms with Gasteiger partial charge in [0.25, 0.3) is 28.0 Å². The first kappa shape index (κ1) is 43.3. The number of nitrogens with one attached hydrogen (secondary N) is 3. The quantitative estimate of drug-likeness (QED) is 0.0559. The number of sulfonamides is 1. The van der Waals surface area contributed by atoms with Crippen LogP contribution in [0.1, 0.15) is 74.6 Å². The number of nitro benzene ring substituents is 1. The van der Waals surface area contributed by atoms with Crippen LogP contribution in [0, 0.1) is 21.4 Å². The van der Waals surface area contributed by atoms with Gasteiger partial charge in [-0.3, -0.25) is 19.8 Å². The van der Waals surface area contributed by atoms with Gasteiger partial charge in [-0.15, -0.1) is 0 Å². The summed E-state index contributed by atoms with van der Waals surface area (Å²) in [6, 6.07) is 12.1.